The number of thioether (sulfide) groups is 1. The minimum absolute atomic E-state index is 0.649. The van der Waals surface area contributed by atoms with E-state index in [1.807, 2.05) is 18.7 Å². The highest BCUT2D eigenvalue weighted by Crippen LogP contribution is 2.30. The summed E-state index contributed by atoms with van der Waals surface area (Å²) in [5, 5.41) is 9.37. The first kappa shape index (κ1) is 11.9. The van der Waals surface area contributed by atoms with Crippen LogP contribution in [-0.4, -0.2) is 27.1 Å². The zero-order chi connectivity index (χ0) is 11.4. The molecule has 1 aromatic rings. The highest BCUT2D eigenvalue weighted by Gasteiger charge is 2.17. The molecular weight excluding hydrogens is 220 g/mol. The molecule has 90 valence electrons. The lowest BCUT2D eigenvalue weighted by Crippen LogP contribution is -2.12. The third kappa shape index (κ3) is 2.77. The fourth-order valence-corrected chi connectivity index (χ4v) is 3.42. The molecule has 4 nitrogen and oxygen atoms in total. The number of nitrogens with two attached hydrogens (primary N) is 1. The highest BCUT2D eigenvalue weighted by molar-refractivity contribution is 7.99. The lowest BCUT2D eigenvalue weighted by molar-refractivity contribution is 0.609. The number of hydrogen-bond acceptors (Lipinski definition) is 4. The SMILES string of the molecule is Cc1nnc(SCC2CCCC2)n1CCN. The van der Waals surface area contributed by atoms with Crippen LogP contribution in [0.15, 0.2) is 5.16 Å². The molecule has 1 saturated carbocycles. The second kappa shape index (κ2) is 5.68. The van der Waals surface area contributed by atoms with E-state index in [0.29, 0.717) is 6.54 Å². The maximum absolute atomic E-state index is 5.59. The second-order valence-corrected chi connectivity index (χ2v) is 5.42. The van der Waals surface area contributed by atoms with Crippen molar-refractivity contribution < 1.29 is 0 Å². The van der Waals surface area contributed by atoms with E-state index >= 15 is 0 Å². The summed E-state index contributed by atoms with van der Waals surface area (Å²) < 4.78 is 2.12. The Bertz CT molecular complexity index is 331. The van der Waals surface area contributed by atoms with Crippen molar-refractivity contribution in [2.75, 3.05) is 12.3 Å². The molecule has 0 radical (unpaired) electrons. The molecule has 0 saturated heterocycles. The van der Waals surface area contributed by atoms with E-state index in [4.69, 9.17) is 5.73 Å². The average molecular weight is 240 g/mol. The summed E-state index contributed by atoms with van der Waals surface area (Å²) in [6.45, 7) is 3.46. The van der Waals surface area contributed by atoms with Crippen LogP contribution in [0.3, 0.4) is 0 Å². The molecule has 0 aliphatic heterocycles. The van der Waals surface area contributed by atoms with Crippen LogP contribution < -0.4 is 5.73 Å². The Morgan fingerprint density at radius 1 is 1.38 bits per heavy atom. The van der Waals surface area contributed by atoms with Crippen LogP contribution in [0, 0.1) is 12.8 Å². The second-order valence-electron chi connectivity index (χ2n) is 4.43. The lowest BCUT2D eigenvalue weighted by atomic mass is 10.1. The Morgan fingerprint density at radius 2 is 2.12 bits per heavy atom. The van der Waals surface area contributed by atoms with Gasteiger partial charge >= 0.3 is 0 Å². The van der Waals surface area contributed by atoms with Crippen LogP contribution in [0.1, 0.15) is 31.5 Å². The van der Waals surface area contributed by atoms with E-state index in [-0.39, 0.29) is 0 Å². The van der Waals surface area contributed by atoms with Crippen molar-refractivity contribution >= 4 is 11.8 Å². The molecule has 0 spiro atoms. The summed E-state index contributed by atoms with van der Waals surface area (Å²) in [4.78, 5) is 0. The molecular formula is C11H20N4S. The predicted octanol–water partition coefficient (Wildman–Crippen LogP) is 1.83. The average Bonchev–Trinajstić information content (AvgIpc) is 2.89. The van der Waals surface area contributed by atoms with Crippen LogP contribution in [-0.2, 0) is 6.54 Å². The Balaban J connectivity index is 1.92. The predicted molar refractivity (Wildman–Crippen MR) is 66.5 cm³/mol. The number of hydrogen-bond donors (Lipinski definition) is 1. The molecule has 2 rings (SSSR count). The minimum atomic E-state index is 0.649. The van der Waals surface area contributed by atoms with Gasteiger partial charge in [0.1, 0.15) is 5.82 Å². The lowest BCUT2D eigenvalue weighted by Gasteiger charge is -2.09. The maximum atomic E-state index is 5.59. The van der Waals surface area contributed by atoms with Gasteiger partial charge in [0.2, 0.25) is 0 Å². The van der Waals surface area contributed by atoms with Crippen molar-refractivity contribution in [1.82, 2.24) is 14.8 Å². The highest BCUT2D eigenvalue weighted by atomic mass is 32.2. The van der Waals surface area contributed by atoms with Gasteiger partial charge in [0.25, 0.3) is 0 Å². The first-order valence-corrected chi connectivity index (χ1v) is 7.02. The number of nitrogens with zero attached hydrogens (tertiary/aromatic N) is 3. The van der Waals surface area contributed by atoms with E-state index < -0.39 is 0 Å². The molecule has 0 aromatic carbocycles. The third-order valence-corrected chi connectivity index (χ3v) is 4.38. The first-order chi connectivity index (χ1) is 7.81. The Labute approximate surface area is 101 Å². The molecule has 1 heterocycles. The van der Waals surface area contributed by atoms with Gasteiger partial charge in [0.15, 0.2) is 5.16 Å². The zero-order valence-electron chi connectivity index (χ0n) is 9.85. The van der Waals surface area contributed by atoms with E-state index in [1.165, 1.54) is 31.4 Å². The van der Waals surface area contributed by atoms with Crippen LogP contribution in [0.25, 0.3) is 0 Å². The summed E-state index contributed by atoms with van der Waals surface area (Å²) in [6.07, 6.45) is 5.58. The fourth-order valence-electron chi connectivity index (χ4n) is 2.22. The summed E-state index contributed by atoms with van der Waals surface area (Å²) in [5.41, 5.74) is 5.59. The molecule has 0 amide bonds. The zero-order valence-corrected chi connectivity index (χ0v) is 10.7. The van der Waals surface area contributed by atoms with Crippen molar-refractivity contribution in [2.45, 2.75) is 44.3 Å². The Morgan fingerprint density at radius 3 is 2.81 bits per heavy atom. The minimum Gasteiger partial charge on any atom is -0.329 e. The summed E-state index contributed by atoms with van der Waals surface area (Å²) >= 11 is 1.84. The van der Waals surface area contributed by atoms with Gasteiger partial charge in [-0.1, -0.05) is 24.6 Å². The molecule has 0 bridgehead atoms. The van der Waals surface area contributed by atoms with Crippen LogP contribution >= 0.6 is 11.8 Å². The standard InChI is InChI=1S/C11H20N4S/c1-9-13-14-11(15(9)7-6-12)16-8-10-4-2-3-5-10/h10H,2-8,12H2,1H3. The monoisotopic (exact) mass is 240 g/mol. The van der Waals surface area contributed by atoms with Crippen LogP contribution in [0.5, 0.6) is 0 Å². The fraction of sp³-hybridized carbons (Fsp3) is 0.818. The van der Waals surface area contributed by atoms with Crippen molar-refractivity contribution in [3.63, 3.8) is 0 Å². The normalized spacial score (nSPS) is 17.1. The van der Waals surface area contributed by atoms with E-state index in [1.54, 1.807) is 0 Å². The van der Waals surface area contributed by atoms with Gasteiger partial charge in [-0.2, -0.15) is 0 Å². The van der Waals surface area contributed by atoms with Gasteiger partial charge in [-0.05, 0) is 25.7 Å². The van der Waals surface area contributed by atoms with Crippen molar-refractivity contribution in [1.29, 1.82) is 0 Å². The quantitative estimate of drug-likeness (QED) is 0.798. The smallest absolute Gasteiger partial charge is 0.191 e. The maximum Gasteiger partial charge on any atom is 0.191 e. The molecule has 1 aliphatic rings. The summed E-state index contributed by atoms with van der Waals surface area (Å²) in [5.74, 6) is 3.04. The van der Waals surface area contributed by atoms with Gasteiger partial charge in [-0.3, -0.25) is 0 Å². The van der Waals surface area contributed by atoms with Gasteiger partial charge in [0.05, 0.1) is 0 Å². The van der Waals surface area contributed by atoms with Gasteiger partial charge in [-0.15, -0.1) is 10.2 Å². The van der Waals surface area contributed by atoms with Gasteiger partial charge in [0, 0.05) is 18.8 Å². The molecule has 16 heavy (non-hydrogen) atoms. The molecule has 1 aromatic heterocycles. The largest absolute Gasteiger partial charge is 0.329 e. The number of rotatable bonds is 5. The van der Waals surface area contributed by atoms with E-state index in [9.17, 15) is 0 Å². The molecule has 5 heteroatoms. The first-order valence-electron chi connectivity index (χ1n) is 6.04. The molecule has 0 unspecified atom stereocenters. The van der Waals surface area contributed by atoms with Gasteiger partial charge < -0.3 is 10.3 Å². The molecule has 0 atom stereocenters. The number of aromatic nitrogens is 3. The van der Waals surface area contributed by atoms with Crippen LogP contribution in [0.2, 0.25) is 0 Å². The van der Waals surface area contributed by atoms with Crippen molar-refractivity contribution in [3.05, 3.63) is 5.82 Å². The van der Waals surface area contributed by atoms with Gasteiger partial charge in [-0.25, -0.2) is 0 Å². The Hall–Kier alpha value is -0.550. The molecule has 2 N–H and O–H groups in total. The van der Waals surface area contributed by atoms with Crippen LogP contribution in [0.4, 0.5) is 0 Å². The van der Waals surface area contributed by atoms with Crippen molar-refractivity contribution in [3.8, 4) is 0 Å². The third-order valence-electron chi connectivity index (χ3n) is 3.18. The van der Waals surface area contributed by atoms with E-state index in [0.717, 1.165) is 23.4 Å². The molecule has 1 aliphatic carbocycles. The molecule has 1 fully saturated rings. The number of aryl methyl sites for hydroxylation is 1. The topological polar surface area (TPSA) is 56.7 Å². The van der Waals surface area contributed by atoms with Crippen molar-refractivity contribution in [2.24, 2.45) is 11.7 Å². The Kier molecular flexibility index (Phi) is 4.23. The summed E-state index contributed by atoms with van der Waals surface area (Å²) in [7, 11) is 0. The van der Waals surface area contributed by atoms with E-state index in [2.05, 4.69) is 14.8 Å². The summed E-state index contributed by atoms with van der Waals surface area (Å²) in [6, 6.07) is 0.